The van der Waals surface area contributed by atoms with Gasteiger partial charge < -0.3 is 16.3 Å². The minimum Gasteiger partial charge on any atom is -0.409 e. The molecular formula is C14H20N4O2. The third-order valence-electron chi connectivity index (χ3n) is 3.88. The van der Waals surface area contributed by atoms with Crippen molar-refractivity contribution in [3.63, 3.8) is 0 Å². The Morgan fingerprint density at radius 3 is 2.75 bits per heavy atom. The molecule has 20 heavy (non-hydrogen) atoms. The normalized spacial score (nSPS) is 18.6. The number of amides is 1. The van der Waals surface area contributed by atoms with E-state index in [1.807, 2.05) is 13.0 Å². The van der Waals surface area contributed by atoms with Crippen molar-refractivity contribution in [2.45, 2.75) is 44.6 Å². The fourth-order valence-electron chi connectivity index (χ4n) is 2.70. The Hall–Kier alpha value is -2.11. The van der Waals surface area contributed by atoms with Crippen LogP contribution in [0.3, 0.4) is 0 Å². The van der Waals surface area contributed by atoms with Crippen LogP contribution < -0.4 is 11.1 Å². The van der Waals surface area contributed by atoms with Crippen LogP contribution in [-0.2, 0) is 0 Å². The highest BCUT2D eigenvalue weighted by Gasteiger charge is 2.38. The summed E-state index contributed by atoms with van der Waals surface area (Å²) < 4.78 is 0. The maximum atomic E-state index is 12.4. The summed E-state index contributed by atoms with van der Waals surface area (Å²) in [7, 11) is 0. The van der Waals surface area contributed by atoms with Crippen LogP contribution in [0.15, 0.2) is 23.5 Å². The summed E-state index contributed by atoms with van der Waals surface area (Å²) in [4.78, 5) is 16.5. The molecule has 108 valence electrons. The van der Waals surface area contributed by atoms with Gasteiger partial charge in [-0.15, -0.1) is 0 Å². The summed E-state index contributed by atoms with van der Waals surface area (Å²) in [6.45, 7) is 1.83. The molecule has 0 aromatic carbocycles. The first kappa shape index (κ1) is 14.3. The smallest absolute Gasteiger partial charge is 0.270 e. The van der Waals surface area contributed by atoms with Crippen molar-refractivity contribution in [1.82, 2.24) is 10.3 Å². The number of aryl methyl sites for hydroxylation is 1. The van der Waals surface area contributed by atoms with Gasteiger partial charge in [-0.05, 0) is 31.4 Å². The second-order valence-electron chi connectivity index (χ2n) is 5.25. The molecule has 1 aromatic heterocycles. The molecule has 0 bridgehead atoms. The first-order valence-electron chi connectivity index (χ1n) is 6.81. The predicted molar refractivity (Wildman–Crippen MR) is 75.7 cm³/mol. The first-order valence-corrected chi connectivity index (χ1v) is 6.81. The van der Waals surface area contributed by atoms with E-state index >= 15 is 0 Å². The average molecular weight is 276 g/mol. The molecule has 1 aliphatic carbocycles. The first-order chi connectivity index (χ1) is 9.59. The number of aromatic nitrogens is 1. The highest BCUT2D eigenvalue weighted by molar-refractivity contribution is 6.00. The molecule has 1 saturated carbocycles. The van der Waals surface area contributed by atoms with Crippen LogP contribution in [0.4, 0.5) is 0 Å². The van der Waals surface area contributed by atoms with Crippen LogP contribution in [0.5, 0.6) is 0 Å². The van der Waals surface area contributed by atoms with Gasteiger partial charge in [-0.25, -0.2) is 0 Å². The van der Waals surface area contributed by atoms with Gasteiger partial charge in [0.05, 0.1) is 0 Å². The Morgan fingerprint density at radius 1 is 1.45 bits per heavy atom. The Kier molecular flexibility index (Phi) is 4.22. The van der Waals surface area contributed by atoms with Gasteiger partial charge in [0, 0.05) is 6.20 Å². The molecule has 1 aromatic rings. The van der Waals surface area contributed by atoms with Crippen molar-refractivity contribution in [3.05, 3.63) is 29.6 Å². The second kappa shape index (κ2) is 5.90. The molecule has 2 rings (SSSR count). The molecule has 1 aliphatic rings. The third-order valence-corrected chi connectivity index (χ3v) is 3.88. The maximum absolute atomic E-state index is 12.4. The zero-order valence-corrected chi connectivity index (χ0v) is 11.6. The van der Waals surface area contributed by atoms with Crippen molar-refractivity contribution < 1.29 is 10.0 Å². The van der Waals surface area contributed by atoms with E-state index < -0.39 is 5.54 Å². The summed E-state index contributed by atoms with van der Waals surface area (Å²) in [6, 6.07) is 3.62. The van der Waals surface area contributed by atoms with Crippen LogP contribution in [0.25, 0.3) is 0 Å². The summed E-state index contributed by atoms with van der Waals surface area (Å²) >= 11 is 0. The van der Waals surface area contributed by atoms with E-state index in [9.17, 15) is 4.79 Å². The molecule has 6 heteroatoms. The van der Waals surface area contributed by atoms with E-state index in [1.165, 1.54) is 0 Å². The third kappa shape index (κ3) is 2.74. The Bertz CT molecular complexity index is 522. The van der Waals surface area contributed by atoms with Gasteiger partial charge in [0.15, 0.2) is 5.84 Å². The van der Waals surface area contributed by atoms with E-state index in [0.29, 0.717) is 18.5 Å². The number of hydrogen-bond acceptors (Lipinski definition) is 4. The van der Waals surface area contributed by atoms with Gasteiger partial charge in [0.25, 0.3) is 5.91 Å². The lowest BCUT2D eigenvalue weighted by atomic mass is 9.80. The van der Waals surface area contributed by atoms with E-state index in [0.717, 1.165) is 24.8 Å². The molecule has 1 amide bonds. The summed E-state index contributed by atoms with van der Waals surface area (Å²) in [5, 5.41) is 15.0. The Morgan fingerprint density at radius 2 is 2.15 bits per heavy atom. The lowest BCUT2D eigenvalue weighted by molar-refractivity contribution is 0.0900. The molecule has 6 nitrogen and oxygen atoms in total. The zero-order chi connectivity index (χ0) is 14.6. The number of pyridine rings is 1. The number of rotatable bonds is 3. The number of hydrogen-bond donors (Lipinski definition) is 3. The maximum Gasteiger partial charge on any atom is 0.270 e. The molecule has 1 fully saturated rings. The molecule has 4 N–H and O–H groups in total. The summed E-state index contributed by atoms with van der Waals surface area (Å²) in [5.41, 5.74) is 6.24. The number of nitrogens with two attached hydrogens (primary N) is 1. The van der Waals surface area contributed by atoms with Crippen LogP contribution in [-0.4, -0.2) is 27.5 Å². The highest BCUT2D eigenvalue weighted by atomic mass is 16.4. The van der Waals surface area contributed by atoms with Crippen molar-refractivity contribution >= 4 is 11.7 Å². The van der Waals surface area contributed by atoms with Gasteiger partial charge in [0.2, 0.25) is 0 Å². The van der Waals surface area contributed by atoms with Gasteiger partial charge in [0.1, 0.15) is 11.2 Å². The lowest BCUT2D eigenvalue weighted by Gasteiger charge is -2.36. The molecule has 0 radical (unpaired) electrons. The fourth-order valence-corrected chi connectivity index (χ4v) is 2.70. The minimum atomic E-state index is -0.756. The summed E-state index contributed by atoms with van der Waals surface area (Å²) in [6.07, 6.45) is 5.92. The van der Waals surface area contributed by atoms with E-state index in [1.54, 1.807) is 12.3 Å². The van der Waals surface area contributed by atoms with E-state index in [4.69, 9.17) is 10.9 Å². The average Bonchev–Trinajstić information content (AvgIpc) is 2.47. The van der Waals surface area contributed by atoms with Crippen molar-refractivity contribution in [1.29, 1.82) is 0 Å². The number of nitrogens with one attached hydrogen (secondary N) is 1. The number of nitrogens with zero attached hydrogens (tertiary/aromatic N) is 2. The molecule has 0 aliphatic heterocycles. The number of carbonyl (C=O) groups is 1. The molecular weight excluding hydrogens is 256 g/mol. The van der Waals surface area contributed by atoms with Gasteiger partial charge in [-0.1, -0.05) is 30.5 Å². The van der Waals surface area contributed by atoms with Gasteiger partial charge in [-0.3, -0.25) is 9.78 Å². The highest BCUT2D eigenvalue weighted by Crippen LogP contribution is 2.28. The van der Waals surface area contributed by atoms with Crippen LogP contribution in [0.2, 0.25) is 0 Å². The van der Waals surface area contributed by atoms with Gasteiger partial charge in [-0.2, -0.15) is 0 Å². The molecule has 0 saturated heterocycles. The fraction of sp³-hybridized carbons (Fsp3) is 0.500. The zero-order valence-electron chi connectivity index (χ0n) is 11.6. The number of oxime groups is 1. The minimum absolute atomic E-state index is 0.0686. The van der Waals surface area contributed by atoms with Crippen molar-refractivity contribution in [2.24, 2.45) is 10.9 Å². The second-order valence-corrected chi connectivity index (χ2v) is 5.25. The standard InChI is InChI=1S/C14H20N4O2/c1-10-6-5-9-16-11(10)12(19)17-14(13(15)18-20)7-3-2-4-8-14/h5-6,9,20H,2-4,7-8H2,1H3,(H2,15,18)(H,17,19). The largest absolute Gasteiger partial charge is 0.409 e. The van der Waals surface area contributed by atoms with Crippen molar-refractivity contribution in [3.8, 4) is 0 Å². The number of amidine groups is 1. The van der Waals surface area contributed by atoms with Crippen molar-refractivity contribution in [2.75, 3.05) is 0 Å². The number of carbonyl (C=O) groups excluding carboxylic acids is 1. The Balaban J connectivity index is 2.24. The molecule has 0 spiro atoms. The summed E-state index contributed by atoms with van der Waals surface area (Å²) in [5.74, 6) is -0.212. The topological polar surface area (TPSA) is 101 Å². The Labute approximate surface area is 118 Å². The van der Waals surface area contributed by atoms with Gasteiger partial charge >= 0.3 is 0 Å². The van der Waals surface area contributed by atoms with Crippen LogP contribution in [0.1, 0.15) is 48.2 Å². The SMILES string of the molecule is Cc1cccnc1C(=O)NC1(C(N)=NO)CCCCC1. The van der Waals surface area contributed by atoms with E-state index in [2.05, 4.69) is 15.5 Å². The van der Waals surface area contributed by atoms with Crippen LogP contribution >= 0.6 is 0 Å². The molecule has 0 atom stereocenters. The van der Waals surface area contributed by atoms with E-state index in [-0.39, 0.29) is 11.7 Å². The molecule has 0 unspecified atom stereocenters. The van der Waals surface area contributed by atoms with Crippen LogP contribution in [0, 0.1) is 6.92 Å². The quantitative estimate of drug-likeness (QED) is 0.337. The molecule has 1 heterocycles. The lowest BCUT2D eigenvalue weighted by Crippen LogP contribution is -2.58. The monoisotopic (exact) mass is 276 g/mol. The predicted octanol–water partition coefficient (Wildman–Crippen LogP) is 1.57.